The second-order valence-electron chi connectivity index (χ2n) is 7.07. The van der Waals surface area contributed by atoms with Gasteiger partial charge in [0.2, 0.25) is 0 Å². The largest absolute Gasteiger partial charge is 0.350 e. The number of nitrogens with zero attached hydrogens (tertiary/aromatic N) is 2. The Bertz CT molecular complexity index is 808. The Morgan fingerprint density at radius 2 is 2.00 bits per heavy atom. The third kappa shape index (κ3) is 4.92. The lowest BCUT2D eigenvalue weighted by Gasteiger charge is -2.36. The SMILES string of the molecule is Cc1ccc([N+](=O)[O-])cc1C(=O)NCC1CCCCN1Cc1ccccc1. The normalized spacial score (nSPS) is 17.4. The van der Waals surface area contributed by atoms with Gasteiger partial charge in [0.15, 0.2) is 0 Å². The first kappa shape index (κ1) is 19.0. The number of nitro groups is 1. The molecule has 0 radical (unpaired) electrons. The minimum Gasteiger partial charge on any atom is -0.350 e. The molecule has 27 heavy (non-hydrogen) atoms. The quantitative estimate of drug-likeness (QED) is 0.624. The van der Waals surface area contributed by atoms with Crippen LogP contribution in [-0.4, -0.2) is 34.9 Å². The third-order valence-electron chi connectivity index (χ3n) is 5.15. The summed E-state index contributed by atoms with van der Waals surface area (Å²) >= 11 is 0. The van der Waals surface area contributed by atoms with Crippen molar-refractivity contribution in [3.05, 3.63) is 75.3 Å². The van der Waals surface area contributed by atoms with Crippen LogP contribution in [0.5, 0.6) is 0 Å². The van der Waals surface area contributed by atoms with E-state index in [1.165, 1.54) is 24.1 Å². The average molecular weight is 367 g/mol. The van der Waals surface area contributed by atoms with Gasteiger partial charge in [0.05, 0.1) is 4.92 Å². The first-order valence-electron chi connectivity index (χ1n) is 9.36. The summed E-state index contributed by atoms with van der Waals surface area (Å²) < 4.78 is 0. The van der Waals surface area contributed by atoms with Gasteiger partial charge in [-0.3, -0.25) is 19.8 Å². The highest BCUT2D eigenvalue weighted by Crippen LogP contribution is 2.20. The molecule has 1 amide bonds. The van der Waals surface area contributed by atoms with Crippen LogP contribution in [0.3, 0.4) is 0 Å². The fourth-order valence-electron chi connectivity index (χ4n) is 3.59. The van der Waals surface area contributed by atoms with Gasteiger partial charge in [0.25, 0.3) is 11.6 Å². The Morgan fingerprint density at radius 1 is 1.22 bits per heavy atom. The van der Waals surface area contributed by atoms with Crippen molar-refractivity contribution in [2.75, 3.05) is 13.1 Å². The highest BCUT2D eigenvalue weighted by Gasteiger charge is 2.23. The summed E-state index contributed by atoms with van der Waals surface area (Å²) in [6, 6.07) is 15.0. The lowest BCUT2D eigenvalue weighted by Crippen LogP contribution is -2.46. The van der Waals surface area contributed by atoms with Crippen LogP contribution in [0.25, 0.3) is 0 Å². The maximum absolute atomic E-state index is 12.6. The van der Waals surface area contributed by atoms with Gasteiger partial charge in [-0.15, -0.1) is 0 Å². The van der Waals surface area contributed by atoms with E-state index in [1.807, 2.05) is 18.2 Å². The Kier molecular flexibility index (Phi) is 6.19. The van der Waals surface area contributed by atoms with Crippen molar-refractivity contribution in [1.29, 1.82) is 0 Å². The highest BCUT2D eigenvalue weighted by molar-refractivity contribution is 5.96. The van der Waals surface area contributed by atoms with Crippen LogP contribution >= 0.6 is 0 Å². The van der Waals surface area contributed by atoms with Gasteiger partial charge >= 0.3 is 0 Å². The number of benzene rings is 2. The Balaban J connectivity index is 1.64. The Labute approximate surface area is 159 Å². The third-order valence-corrected chi connectivity index (χ3v) is 5.15. The summed E-state index contributed by atoms with van der Waals surface area (Å²) in [5.41, 5.74) is 2.32. The van der Waals surface area contributed by atoms with E-state index in [2.05, 4.69) is 22.3 Å². The van der Waals surface area contributed by atoms with Crippen LogP contribution in [0.2, 0.25) is 0 Å². The van der Waals surface area contributed by atoms with E-state index >= 15 is 0 Å². The zero-order chi connectivity index (χ0) is 19.2. The molecule has 2 aromatic carbocycles. The van der Waals surface area contributed by atoms with Crippen molar-refractivity contribution in [2.24, 2.45) is 0 Å². The first-order valence-corrected chi connectivity index (χ1v) is 9.36. The first-order chi connectivity index (χ1) is 13.0. The molecule has 2 aromatic rings. The molecule has 1 unspecified atom stereocenters. The molecular weight excluding hydrogens is 342 g/mol. The molecule has 1 atom stereocenters. The van der Waals surface area contributed by atoms with Crippen molar-refractivity contribution >= 4 is 11.6 Å². The number of hydrogen-bond donors (Lipinski definition) is 1. The number of likely N-dealkylation sites (tertiary alicyclic amines) is 1. The van der Waals surface area contributed by atoms with Crippen LogP contribution < -0.4 is 5.32 Å². The molecule has 0 aromatic heterocycles. The predicted molar refractivity (Wildman–Crippen MR) is 105 cm³/mol. The number of rotatable bonds is 6. The van der Waals surface area contributed by atoms with Crippen molar-refractivity contribution in [3.8, 4) is 0 Å². The number of piperidine rings is 1. The lowest BCUT2D eigenvalue weighted by atomic mass is 10.0. The molecule has 1 aliphatic heterocycles. The van der Waals surface area contributed by atoms with E-state index in [1.54, 1.807) is 13.0 Å². The molecule has 1 fully saturated rings. The van der Waals surface area contributed by atoms with Gasteiger partial charge in [0.1, 0.15) is 0 Å². The molecule has 142 valence electrons. The Morgan fingerprint density at radius 3 is 2.74 bits per heavy atom. The van der Waals surface area contributed by atoms with Crippen molar-refractivity contribution < 1.29 is 9.72 Å². The Hall–Kier alpha value is -2.73. The minimum absolute atomic E-state index is 0.0610. The topological polar surface area (TPSA) is 75.5 Å². The standard InChI is InChI=1S/C21H25N3O3/c1-16-10-11-18(24(26)27)13-20(16)21(25)22-14-19-9-5-6-12-23(19)15-17-7-3-2-4-8-17/h2-4,7-8,10-11,13,19H,5-6,9,12,14-15H2,1H3,(H,22,25). The number of carbonyl (C=O) groups excluding carboxylic acids is 1. The molecule has 1 saturated heterocycles. The number of hydrogen-bond acceptors (Lipinski definition) is 4. The molecule has 0 saturated carbocycles. The molecule has 0 bridgehead atoms. The molecule has 6 heteroatoms. The fraction of sp³-hybridized carbons (Fsp3) is 0.381. The summed E-state index contributed by atoms with van der Waals surface area (Å²) in [4.78, 5) is 25.5. The van der Waals surface area contributed by atoms with Crippen molar-refractivity contribution in [2.45, 2.75) is 38.8 Å². The van der Waals surface area contributed by atoms with Crippen molar-refractivity contribution in [3.63, 3.8) is 0 Å². The van der Waals surface area contributed by atoms with Gasteiger partial charge in [0, 0.05) is 36.8 Å². The van der Waals surface area contributed by atoms with E-state index in [0.717, 1.165) is 31.5 Å². The van der Waals surface area contributed by atoms with E-state index in [-0.39, 0.29) is 17.6 Å². The zero-order valence-corrected chi connectivity index (χ0v) is 15.6. The number of nitro benzene ring substituents is 1. The molecule has 1 heterocycles. The van der Waals surface area contributed by atoms with E-state index in [9.17, 15) is 14.9 Å². The number of non-ortho nitro benzene ring substituents is 1. The van der Waals surface area contributed by atoms with Gasteiger partial charge in [-0.1, -0.05) is 42.8 Å². The zero-order valence-electron chi connectivity index (χ0n) is 15.6. The smallest absolute Gasteiger partial charge is 0.270 e. The number of aryl methyl sites for hydroxylation is 1. The van der Waals surface area contributed by atoms with Gasteiger partial charge < -0.3 is 5.32 Å². The molecule has 1 N–H and O–H groups in total. The van der Waals surface area contributed by atoms with Gasteiger partial charge in [-0.2, -0.15) is 0 Å². The molecule has 6 nitrogen and oxygen atoms in total. The number of carbonyl (C=O) groups is 1. The van der Waals surface area contributed by atoms with Crippen LogP contribution in [0.1, 0.15) is 40.7 Å². The number of nitrogens with one attached hydrogen (secondary N) is 1. The highest BCUT2D eigenvalue weighted by atomic mass is 16.6. The average Bonchev–Trinajstić information content (AvgIpc) is 2.68. The van der Waals surface area contributed by atoms with Crippen LogP contribution in [0, 0.1) is 17.0 Å². The summed E-state index contributed by atoms with van der Waals surface area (Å²) in [5, 5.41) is 14.0. The van der Waals surface area contributed by atoms with Crippen LogP contribution in [0.15, 0.2) is 48.5 Å². The van der Waals surface area contributed by atoms with Crippen molar-refractivity contribution in [1.82, 2.24) is 10.2 Å². The van der Waals surface area contributed by atoms with Gasteiger partial charge in [-0.25, -0.2) is 0 Å². The van der Waals surface area contributed by atoms with E-state index in [0.29, 0.717) is 12.1 Å². The predicted octanol–water partition coefficient (Wildman–Crippen LogP) is 3.69. The monoisotopic (exact) mass is 367 g/mol. The van der Waals surface area contributed by atoms with Gasteiger partial charge in [-0.05, 0) is 37.4 Å². The van der Waals surface area contributed by atoms with Crippen LogP contribution in [-0.2, 0) is 6.54 Å². The summed E-state index contributed by atoms with van der Waals surface area (Å²) in [6.45, 7) is 4.23. The van der Waals surface area contributed by atoms with Crippen LogP contribution in [0.4, 0.5) is 5.69 Å². The fourth-order valence-corrected chi connectivity index (χ4v) is 3.59. The van der Waals surface area contributed by atoms with E-state index < -0.39 is 4.92 Å². The molecular formula is C21H25N3O3. The molecule has 0 spiro atoms. The summed E-state index contributed by atoms with van der Waals surface area (Å²) in [6.07, 6.45) is 3.37. The second kappa shape index (κ2) is 8.77. The molecule has 3 rings (SSSR count). The maximum Gasteiger partial charge on any atom is 0.270 e. The lowest BCUT2D eigenvalue weighted by molar-refractivity contribution is -0.384. The number of amides is 1. The molecule has 1 aliphatic rings. The summed E-state index contributed by atoms with van der Waals surface area (Å²) in [7, 11) is 0. The maximum atomic E-state index is 12.6. The second-order valence-corrected chi connectivity index (χ2v) is 7.07. The van der Waals surface area contributed by atoms with E-state index in [4.69, 9.17) is 0 Å². The molecule has 0 aliphatic carbocycles. The summed E-state index contributed by atoms with van der Waals surface area (Å²) in [5.74, 6) is -0.249. The minimum atomic E-state index is -0.473.